The molecule has 2 aliphatic heterocycles. The van der Waals surface area contributed by atoms with Gasteiger partial charge in [-0.25, -0.2) is 4.79 Å². The van der Waals surface area contributed by atoms with E-state index < -0.39 is 11.6 Å². The van der Waals surface area contributed by atoms with E-state index in [0.29, 0.717) is 25.3 Å². The van der Waals surface area contributed by atoms with Crippen molar-refractivity contribution in [3.05, 3.63) is 57.8 Å². The number of urea groups is 1. The van der Waals surface area contributed by atoms with Crippen molar-refractivity contribution in [2.24, 2.45) is 11.3 Å². The number of rotatable bonds is 3. The Balaban J connectivity index is 1.34. The number of carbonyl (C=O) groups excluding carboxylic acids is 3. The zero-order valence-electron chi connectivity index (χ0n) is 20.2. The summed E-state index contributed by atoms with van der Waals surface area (Å²) in [5.41, 5.74) is 1.53. The maximum Gasteiger partial charge on any atom is 0.325 e. The summed E-state index contributed by atoms with van der Waals surface area (Å²) in [6.07, 6.45) is 3.87. The molecule has 0 bridgehead atoms. The quantitative estimate of drug-likeness (QED) is 0.646. The van der Waals surface area contributed by atoms with Gasteiger partial charge in [0.05, 0.1) is 6.04 Å². The van der Waals surface area contributed by atoms with Crippen molar-refractivity contribution < 1.29 is 14.4 Å². The molecule has 1 unspecified atom stereocenters. The van der Waals surface area contributed by atoms with E-state index >= 15 is 0 Å². The molecule has 180 valence electrons. The van der Waals surface area contributed by atoms with Crippen LogP contribution >= 0.6 is 11.3 Å². The molecule has 3 heterocycles. The first-order valence-electron chi connectivity index (χ1n) is 12.2. The van der Waals surface area contributed by atoms with Gasteiger partial charge >= 0.3 is 6.03 Å². The fraction of sp³-hybridized carbons (Fsp3) is 0.519. The number of thiophene rings is 1. The second-order valence-corrected chi connectivity index (χ2v) is 12.0. The minimum atomic E-state index is -0.847. The molecule has 7 heteroatoms. The highest BCUT2D eigenvalue weighted by molar-refractivity contribution is 7.10. The number of carbonyl (C=O) groups is 3. The van der Waals surface area contributed by atoms with Crippen LogP contribution in [0.4, 0.5) is 4.79 Å². The van der Waals surface area contributed by atoms with E-state index in [1.165, 1.54) is 4.88 Å². The molecule has 2 fully saturated rings. The minimum absolute atomic E-state index is 0.185. The van der Waals surface area contributed by atoms with Crippen molar-refractivity contribution in [1.29, 1.82) is 0 Å². The molecule has 3 aliphatic rings. The Bertz CT molecular complexity index is 1100. The summed E-state index contributed by atoms with van der Waals surface area (Å²) >= 11 is 1.72. The Morgan fingerprint density at radius 2 is 1.82 bits per heavy atom. The van der Waals surface area contributed by atoms with Gasteiger partial charge in [-0.3, -0.25) is 14.5 Å². The molecular formula is C27H33N3O3S. The van der Waals surface area contributed by atoms with Crippen molar-refractivity contribution >= 4 is 29.2 Å². The van der Waals surface area contributed by atoms with Gasteiger partial charge in [-0.15, -0.1) is 11.3 Å². The lowest BCUT2D eigenvalue weighted by Crippen LogP contribution is -2.51. The smallest absolute Gasteiger partial charge is 0.325 e. The summed E-state index contributed by atoms with van der Waals surface area (Å²) in [7, 11) is 0. The molecule has 5 rings (SSSR count). The summed E-state index contributed by atoms with van der Waals surface area (Å²) in [4.78, 5) is 44.2. The number of nitrogens with one attached hydrogen (secondary N) is 1. The van der Waals surface area contributed by atoms with E-state index in [1.54, 1.807) is 11.3 Å². The predicted octanol–water partition coefficient (Wildman–Crippen LogP) is 4.75. The Morgan fingerprint density at radius 1 is 1.12 bits per heavy atom. The van der Waals surface area contributed by atoms with E-state index in [2.05, 4.69) is 37.5 Å². The second kappa shape index (κ2) is 8.52. The lowest BCUT2D eigenvalue weighted by Gasteiger charge is -2.40. The normalized spacial score (nSPS) is 27.1. The highest BCUT2D eigenvalue weighted by atomic mass is 32.1. The van der Waals surface area contributed by atoms with Crippen LogP contribution in [0.5, 0.6) is 0 Å². The molecule has 1 N–H and O–H groups in total. The Hall–Kier alpha value is -2.67. The topological polar surface area (TPSA) is 69.7 Å². The predicted molar refractivity (Wildman–Crippen MR) is 132 cm³/mol. The number of amides is 4. The zero-order chi connectivity index (χ0) is 24.1. The van der Waals surface area contributed by atoms with Crippen molar-refractivity contribution in [2.45, 2.75) is 64.5 Å². The molecule has 1 aliphatic carbocycles. The highest BCUT2D eigenvalue weighted by Crippen LogP contribution is 2.44. The summed E-state index contributed by atoms with van der Waals surface area (Å²) in [5.74, 6) is 0.107. The van der Waals surface area contributed by atoms with Crippen LogP contribution in [0.3, 0.4) is 0 Å². The van der Waals surface area contributed by atoms with Crippen molar-refractivity contribution in [3.8, 4) is 0 Å². The van der Waals surface area contributed by atoms with Crippen LogP contribution in [0.25, 0.3) is 0 Å². The van der Waals surface area contributed by atoms with Gasteiger partial charge in [0.15, 0.2) is 0 Å². The number of hydrogen-bond acceptors (Lipinski definition) is 4. The monoisotopic (exact) mass is 479 g/mol. The minimum Gasteiger partial charge on any atom is -0.330 e. The second-order valence-electron chi connectivity index (χ2n) is 11.0. The number of nitrogens with zero attached hydrogens (tertiary/aromatic N) is 2. The van der Waals surface area contributed by atoms with Crippen molar-refractivity contribution in [2.75, 3.05) is 13.1 Å². The van der Waals surface area contributed by atoms with Gasteiger partial charge in [-0.1, -0.05) is 51.1 Å². The third kappa shape index (κ3) is 3.94. The molecule has 0 radical (unpaired) electrons. The van der Waals surface area contributed by atoms with Gasteiger partial charge < -0.3 is 10.2 Å². The van der Waals surface area contributed by atoms with E-state index in [1.807, 2.05) is 35.2 Å². The number of fused-ring (bicyclic) bond motifs is 1. The van der Waals surface area contributed by atoms with Crippen LogP contribution < -0.4 is 5.32 Å². The van der Waals surface area contributed by atoms with Gasteiger partial charge in [0.1, 0.15) is 12.1 Å². The average Bonchev–Trinajstić information content (AvgIpc) is 3.37. The van der Waals surface area contributed by atoms with Gasteiger partial charge in [-0.2, -0.15) is 0 Å². The fourth-order valence-corrected chi connectivity index (χ4v) is 6.85. The SMILES string of the molecule is CC(C)(C)C1CCC2(CC1)NC(=O)N(CC(=O)N1CCc3sccc3C1c1ccccc1)C2=O. The number of imide groups is 1. The molecule has 1 spiro atoms. The molecule has 6 nitrogen and oxygen atoms in total. The summed E-state index contributed by atoms with van der Waals surface area (Å²) < 4.78 is 0. The Morgan fingerprint density at radius 3 is 2.50 bits per heavy atom. The van der Waals surface area contributed by atoms with Crippen LogP contribution in [0, 0.1) is 11.3 Å². The molecule has 1 atom stereocenters. The van der Waals surface area contributed by atoms with Gasteiger partial charge in [-0.05, 0) is 66.0 Å². The lowest BCUT2D eigenvalue weighted by molar-refractivity contribution is -0.141. The number of hydrogen-bond donors (Lipinski definition) is 1. The van der Waals surface area contributed by atoms with Gasteiger partial charge in [0.25, 0.3) is 5.91 Å². The van der Waals surface area contributed by atoms with E-state index in [9.17, 15) is 14.4 Å². The van der Waals surface area contributed by atoms with Crippen LogP contribution in [0.2, 0.25) is 0 Å². The largest absolute Gasteiger partial charge is 0.330 e. The third-order valence-corrected chi connectivity index (χ3v) is 9.00. The van der Waals surface area contributed by atoms with Crippen LogP contribution in [-0.2, 0) is 16.0 Å². The van der Waals surface area contributed by atoms with E-state index in [0.717, 1.165) is 35.3 Å². The Kier molecular flexibility index (Phi) is 5.79. The lowest BCUT2D eigenvalue weighted by atomic mass is 9.67. The van der Waals surface area contributed by atoms with E-state index in [-0.39, 0.29) is 29.8 Å². The third-order valence-electron chi connectivity index (χ3n) is 8.00. The molecule has 1 aromatic carbocycles. The molecule has 4 amide bonds. The molecule has 1 aromatic heterocycles. The van der Waals surface area contributed by atoms with Gasteiger partial charge in [0.2, 0.25) is 5.91 Å². The standard InChI is InChI=1S/C27H33N3O3S/c1-26(2,3)19-9-13-27(14-10-19)24(32)30(25(33)28-27)17-22(31)29-15-11-21-20(12-16-34-21)23(29)18-7-5-4-6-8-18/h4-8,12,16,19,23H,9-11,13-15,17H2,1-3H3,(H,28,33). The van der Waals surface area contributed by atoms with Crippen molar-refractivity contribution in [3.63, 3.8) is 0 Å². The van der Waals surface area contributed by atoms with E-state index in [4.69, 9.17) is 0 Å². The highest BCUT2D eigenvalue weighted by Gasteiger charge is 2.54. The molecule has 34 heavy (non-hydrogen) atoms. The Labute approximate surface area is 205 Å². The average molecular weight is 480 g/mol. The van der Waals surface area contributed by atoms with Crippen molar-refractivity contribution in [1.82, 2.24) is 15.1 Å². The molecule has 2 aromatic rings. The first kappa shape index (κ1) is 23.1. The molecular weight excluding hydrogens is 446 g/mol. The maximum absolute atomic E-state index is 13.6. The first-order chi connectivity index (χ1) is 16.2. The molecule has 1 saturated carbocycles. The summed E-state index contributed by atoms with van der Waals surface area (Å²) in [6, 6.07) is 11.5. The fourth-order valence-electron chi connectivity index (χ4n) is 5.94. The number of benzene rings is 1. The maximum atomic E-state index is 13.6. The van der Waals surface area contributed by atoms with Crippen LogP contribution in [0.1, 0.15) is 68.5 Å². The summed E-state index contributed by atoms with van der Waals surface area (Å²) in [5, 5.41) is 5.05. The van der Waals surface area contributed by atoms with Crippen LogP contribution in [0.15, 0.2) is 41.8 Å². The van der Waals surface area contributed by atoms with Crippen LogP contribution in [-0.4, -0.2) is 46.3 Å². The summed E-state index contributed by atoms with van der Waals surface area (Å²) in [6.45, 7) is 7.06. The van der Waals surface area contributed by atoms with Gasteiger partial charge in [0, 0.05) is 11.4 Å². The molecule has 1 saturated heterocycles. The first-order valence-corrected chi connectivity index (χ1v) is 13.1. The zero-order valence-corrected chi connectivity index (χ0v) is 21.0.